The molecule has 3 nitrogen and oxygen atoms in total. The van der Waals surface area contributed by atoms with Crippen LogP contribution in [0.3, 0.4) is 0 Å². The molecule has 1 N–H and O–H groups in total. The molecular formula is C20H26N2O. The van der Waals surface area contributed by atoms with E-state index in [9.17, 15) is 0 Å². The fourth-order valence-corrected chi connectivity index (χ4v) is 3.93. The molecule has 0 spiro atoms. The molecule has 2 atom stereocenters. The Kier molecular flexibility index (Phi) is 3.98. The molecule has 4 rings (SSSR count). The predicted molar refractivity (Wildman–Crippen MR) is 95.0 cm³/mol. The second-order valence-corrected chi connectivity index (χ2v) is 7.03. The van der Waals surface area contributed by atoms with Gasteiger partial charge in [-0.15, -0.1) is 0 Å². The fraction of sp³-hybridized carbons (Fsp3) is 0.550. The van der Waals surface area contributed by atoms with Gasteiger partial charge in [-0.25, -0.2) is 0 Å². The lowest BCUT2D eigenvalue weighted by Crippen LogP contribution is -2.35. The molecule has 1 saturated carbocycles. The Morgan fingerprint density at radius 1 is 1.22 bits per heavy atom. The molecule has 1 aliphatic carbocycles. The van der Waals surface area contributed by atoms with Crippen LogP contribution in [0, 0.1) is 12.8 Å². The van der Waals surface area contributed by atoms with Crippen molar-refractivity contribution in [2.45, 2.75) is 58.1 Å². The van der Waals surface area contributed by atoms with Crippen LogP contribution >= 0.6 is 0 Å². The summed E-state index contributed by atoms with van der Waals surface area (Å²) in [5.41, 5.74) is 4.91. The van der Waals surface area contributed by atoms with Gasteiger partial charge in [0, 0.05) is 29.4 Å². The lowest BCUT2D eigenvalue weighted by Gasteiger charge is -2.32. The van der Waals surface area contributed by atoms with Crippen LogP contribution in [0.2, 0.25) is 0 Å². The van der Waals surface area contributed by atoms with E-state index in [1.54, 1.807) is 0 Å². The minimum Gasteiger partial charge on any atom is -0.381 e. The summed E-state index contributed by atoms with van der Waals surface area (Å²) in [6.07, 6.45) is 6.44. The molecule has 0 amide bonds. The number of aryl methyl sites for hydroxylation is 1. The number of rotatable bonds is 4. The van der Waals surface area contributed by atoms with Crippen molar-refractivity contribution in [3.8, 4) is 0 Å². The number of para-hydroxylation sites is 1. The highest BCUT2D eigenvalue weighted by molar-refractivity contribution is 5.93. The van der Waals surface area contributed by atoms with Crippen molar-refractivity contribution in [1.82, 2.24) is 4.98 Å². The number of hydrogen-bond acceptors (Lipinski definition) is 3. The van der Waals surface area contributed by atoms with Crippen molar-refractivity contribution in [3.63, 3.8) is 0 Å². The SMILES string of the molecule is CCc1c(C)nc2ccccc2c1NC1CCOC(C2CC2)C1. The minimum atomic E-state index is 0.473. The first kappa shape index (κ1) is 14.9. The molecule has 2 aromatic rings. The van der Waals surface area contributed by atoms with Crippen LogP contribution < -0.4 is 5.32 Å². The molecule has 2 heterocycles. The van der Waals surface area contributed by atoms with E-state index < -0.39 is 0 Å². The second kappa shape index (κ2) is 6.12. The van der Waals surface area contributed by atoms with E-state index >= 15 is 0 Å². The second-order valence-electron chi connectivity index (χ2n) is 7.03. The summed E-state index contributed by atoms with van der Waals surface area (Å²) in [7, 11) is 0. The maximum Gasteiger partial charge on any atom is 0.0726 e. The highest BCUT2D eigenvalue weighted by atomic mass is 16.5. The molecule has 122 valence electrons. The van der Waals surface area contributed by atoms with Gasteiger partial charge in [0.15, 0.2) is 0 Å². The zero-order valence-electron chi connectivity index (χ0n) is 14.1. The molecule has 2 aliphatic rings. The van der Waals surface area contributed by atoms with E-state index in [4.69, 9.17) is 9.72 Å². The van der Waals surface area contributed by atoms with E-state index in [1.807, 2.05) is 0 Å². The zero-order chi connectivity index (χ0) is 15.8. The fourth-order valence-electron chi connectivity index (χ4n) is 3.93. The Balaban J connectivity index is 1.66. The molecule has 2 fully saturated rings. The number of pyridine rings is 1. The van der Waals surface area contributed by atoms with Gasteiger partial charge in [-0.05, 0) is 56.6 Å². The average Bonchev–Trinajstić information content (AvgIpc) is 3.40. The van der Waals surface area contributed by atoms with Crippen LogP contribution in [0.4, 0.5) is 5.69 Å². The molecule has 0 radical (unpaired) electrons. The molecule has 1 aromatic heterocycles. The van der Waals surface area contributed by atoms with Gasteiger partial charge in [-0.1, -0.05) is 25.1 Å². The smallest absolute Gasteiger partial charge is 0.0726 e. The van der Waals surface area contributed by atoms with Crippen LogP contribution in [0.25, 0.3) is 10.9 Å². The predicted octanol–water partition coefficient (Wildman–Crippen LogP) is 4.48. The van der Waals surface area contributed by atoms with E-state index in [-0.39, 0.29) is 0 Å². The maximum atomic E-state index is 5.99. The van der Waals surface area contributed by atoms with Crippen LogP contribution in [0.1, 0.15) is 43.9 Å². The highest BCUT2D eigenvalue weighted by Gasteiger charge is 2.36. The van der Waals surface area contributed by atoms with Gasteiger partial charge in [0.05, 0.1) is 11.6 Å². The molecule has 1 aliphatic heterocycles. The summed E-state index contributed by atoms with van der Waals surface area (Å²) in [4.78, 5) is 4.79. The number of benzene rings is 1. The van der Waals surface area contributed by atoms with Crippen molar-refractivity contribution in [2.24, 2.45) is 5.92 Å². The van der Waals surface area contributed by atoms with Gasteiger partial charge in [0.25, 0.3) is 0 Å². The Morgan fingerprint density at radius 2 is 2.04 bits per heavy atom. The summed E-state index contributed by atoms with van der Waals surface area (Å²) in [5.74, 6) is 0.821. The largest absolute Gasteiger partial charge is 0.381 e. The summed E-state index contributed by atoms with van der Waals surface area (Å²) < 4.78 is 5.99. The number of nitrogens with one attached hydrogen (secondary N) is 1. The Bertz CT molecular complexity index is 708. The number of hydrogen-bond donors (Lipinski definition) is 1. The van der Waals surface area contributed by atoms with Crippen molar-refractivity contribution in [3.05, 3.63) is 35.5 Å². The Morgan fingerprint density at radius 3 is 2.83 bits per heavy atom. The molecule has 0 bridgehead atoms. The minimum absolute atomic E-state index is 0.473. The van der Waals surface area contributed by atoms with E-state index in [0.717, 1.165) is 43.0 Å². The number of nitrogens with zero attached hydrogens (tertiary/aromatic N) is 1. The third-order valence-corrected chi connectivity index (χ3v) is 5.36. The van der Waals surface area contributed by atoms with Gasteiger partial charge in [-0.3, -0.25) is 4.98 Å². The van der Waals surface area contributed by atoms with Crippen LogP contribution in [-0.2, 0) is 11.2 Å². The van der Waals surface area contributed by atoms with Crippen LogP contribution in [0.5, 0.6) is 0 Å². The van der Waals surface area contributed by atoms with Crippen LogP contribution in [-0.4, -0.2) is 23.7 Å². The van der Waals surface area contributed by atoms with Crippen molar-refractivity contribution in [1.29, 1.82) is 0 Å². The summed E-state index contributed by atoms with van der Waals surface area (Å²) in [6, 6.07) is 9.01. The first-order valence-electron chi connectivity index (χ1n) is 9.02. The third-order valence-electron chi connectivity index (χ3n) is 5.36. The lowest BCUT2D eigenvalue weighted by atomic mass is 9.97. The number of aromatic nitrogens is 1. The quantitative estimate of drug-likeness (QED) is 0.904. The van der Waals surface area contributed by atoms with E-state index in [2.05, 4.69) is 43.4 Å². The van der Waals surface area contributed by atoms with E-state index in [0.29, 0.717) is 12.1 Å². The standard InChI is InChI=1S/C20H26N2O/c1-3-16-13(2)21-18-7-5-4-6-17(18)20(16)22-15-10-11-23-19(12-15)14-8-9-14/h4-7,14-15,19H,3,8-12H2,1-2H3,(H,21,22). The van der Waals surface area contributed by atoms with E-state index in [1.165, 1.54) is 29.5 Å². The summed E-state index contributed by atoms with van der Waals surface area (Å²) in [6.45, 7) is 5.25. The first-order valence-corrected chi connectivity index (χ1v) is 9.02. The average molecular weight is 310 g/mol. The van der Waals surface area contributed by atoms with Crippen molar-refractivity contribution >= 4 is 16.6 Å². The molecule has 2 unspecified atom stereocenters. The Labute approximate surface area is 138 Å². The number of fused-ring (bicyclic) bond motifs is 1. The maximum absolute atomic E-state index is 5.99. The Hall–Kier alpha value is -1.61. The number of ether oxygens (including phenoxy) is 1. The number of anilines is 1. The first-order chi connectivity index (χ1) is 11.3. The molecule has 1 aromatic carbocycles. The van der Waals surface area contributed by atoms with Crippen molar-refractivity contribution in [2.75, 3.05) is 11.9 Å². The van der Waals surface area contributed by atoms with Crippen molar-refractivity contribution < 1.29 is 4.74 Å². The lowest BCUT2D eigenvalue weighted by molar-refractivity contribution is -0.00218. The normalized spacial score (nSPS) is 24.8. The molecule has 23 heavy (non-hydrogen) atoms. The van der Waals surface area contributed by atoms with Gasteiger partial charge in [-0.2, -0.15) is 0 Å². The monoisotopic (exact) mass is 310 g/mol. The van der Waals surface area contributed by atoms with Gasteiger partial charge < -0.3 is 10.1 Å². The summed E-state index contributed by atoms with van der Waals surface area (Å²) in [5, 5.41) is 5.13. The third kappa shape index (κ3) is 2.94. The zero-order valence-corrected chi connectivity index (χ0v) is 14.1. The topological polar surface area (TPSA) is 34.2 Å². The molecular weight excluding hydrogens is 284 g/mol. The van der Waals surface area contributed by atoms with Gasteiger partial charge in [0.1, 0.15) is 0 Å². The summed E-state index contributed by atoms with van der Waals surface area (Å²) >= 11 is 0. The molecule has 1 saturated heterocycles. The highest BCUT2D eigenvalue weighted by Crippen LogP contribution is 2.39. The van der Waals surface area contributed by atoms with Gasteiger partial charge >= 0.3 is 0 Å². The molecule has 3 heteroatoms. The van der Waals surface area contributed by atoms with Gasteiger partial charge in [0.2, 0.25) is 0 Å². The van der Waals surface area contributed by atoms with Crippen LogP contribution in [0.15, 0.2) is 24.3 Å².